The highest BCUT2D eigenvalue weighted by Crippen LogP contribution is 2.07. The van der Waals surface area contributed by atoms with E-state index >= 15 is 0 Å². The molecular weight excluding hydrogens is 147 g/mol. The van der Waals surface area contributed by atoms with Gasteiger partial charge < -0.3 is 4.40 Å². The zero-order valence-electron chi connectivity index (χ0n) is 7.20. The topological polar surface area (TPSA) is 17.3 Å². The van der Waals surface area contributed by atoms with Crippen molar-refractivity contribution >= 4 is 19.0 Å². The minimum atomic E-state index is 0.775. The quantitative estimate of drug-likeness (QED) is 0.514. The van der Waals surface area contributed by atoms with Crippen LogP contribution in [0.5, 0.6) is 0 Å². The molecule has 2 radical (unpaired) electrons. The van der Waals surface area contributed by atoms with Gasteiger partial charge in [-0.3, -0.25) is 0 Å². The molecule has 12 heavy (non-hydrogen) atoms. The number of nitrogens with zero attached hydrogens (tertiary/aromatic N) is 2. The number of aryl methyl sites for hydroxylation is 2. The fourth-order valence-electron chi connectivity index (χ4n) is 1.42. The number of hydrogen-bond donors (Lipinski definition) is 0. The summed E-state index contributed by atoms with van der Waals surface area (Å²) in [5, 5.41) is 0. The largest absolute Gasteiger partial charge is 0.307 e. The van der Waals surface area contributed by atoms with Crippen molar-refractivity contribution in [2.24, 2.45) is 0 Å². The summed E-state index contributed by atoms with van der Waals surface area (Å²) in [7, 11) is 5.69. The van der Waals surface area contributed by atoms with E-state index in [4.69, 9.17) is 7.85 Å². The molecule has 3 heteroatoms. The van der Waals surface area contributed by atoms with Crippen molar-refractivity contribution < 1.29 is 0 Å². The van der Waals surface area contributed by atoms with Crippen molar-refractivity contribution in [3.05, 3.63) is 29.7 Å². The van der Waals surface area contributed by atoms with Crippen LogP contribution >= 0.6 is 0 Å². The molecule has 2 aromatic rings. The molecule has 0 N–H and O–H groups in total. The second-order valence-corrected chi connectivity index (χ2v) is 3.07. The van der Waals surface area contributed by atoms with Crippen LogP contribution in [0.15, 0.2) is 18.5 Å². The van der Waals surface area contributed by atoms with Crippen molar-refractivity contribution in [1.82, 2.24) is 9.38 Å². The summed E-state index contributed by atoms with van der Waals surface area (Å²) in [4.78, 5) is 4.36. The summed E-state index contributed by atoms with van der Waals surface area (Å²) >= 11 is 0. The summed E-state index contributed by atoms with van der Waals surface area (Å²) in [5.41, 5.74) is 3.89. The van der Waals surface area contributed by atoms with Gasteiger partial charge >= 0.3 is 0 Å². The Balaban J connectivity index is 2.88. The Bertz CT molecular complexity index is 431. The minimum absolute atomic E-state index is 0.775. The zero-order chi connectivity index (χ0) is 8.72. The van der Waals surface area contributed by atoms with Crippen LogP contribution in [0.2, 0.25) is 0 Å². The molecule has 0 saturated carbocycles. The van der Waals surface area contributed by atoms with Gasteiger partial charge in [-0.25, -0.2) is 4.98 Å². The Morgan fingerprint density at radius 2 is 2.08 bits per heavy atom. The summed E-state index contributed by atoms with van der Waals surface area (Å²) in [6.45, 7) is 3.99. The van der Waals surface area contributed by atoms with Gasteiger partial charge in [-0.05, 0) is 19.4 Å². The lowest BCUT2D eigenvalue weighted by Crippen LogP contribution is -2.05. The second-order valence-electron chi connectivity index (χ2n) is 3.07. The van der Waals surface area contributed by atoms with Crippen LogP contribution in [0.1, 0.15) is 11.3 Å². The maximum Gasteiger partial charge on any atom is 0.139 e. The van der Waals surface area contributed by atoms with E-state index in [-0.39, 0.29) is 0 Å². The first-order valence-corrected chi connectivity index (χ1v) is 3.88. The van der Waals surface area contributed by atoms with Crippen LogP contribution in [0.25, 0.3) is 5.65 Å². The first-order valence-electron chi connectivity index (χ1n) is 3.88. The van der Waals surface area contributed by atoms with Crippen LogP contribution in [-0.2, 0) is 0 Å². The standard InChI is InChI=1S/C9H9BN2/c1-6-3-8(10)5-12-4-7(2)11-9(6)12/h3-5H,1-2H3. The van der Waals surface area contributed by atoms with Crippen LogP contribution in [0.4, 0.5) is 0 Å². The molecule has 0 amide bonds. The molecule has 2 rings (SSSR count). The monoisotopic (exact) mass is 156 g/mol. The lowest BCUT2D eigenvalue weighted by atomic mass is 9.97. The number of hydrogen-bond acceptors (Lipinski definition) is 1. The summed E-state index contributed by atoms with van der Waals surface area (Å²) in [6.07, 6.45) is 3.85. The van der Waals surface area contributed by atoms with Crippen LogP contribution < -0.4 is 5.46 Å². The molecule has 0 aliphatic rings. The van der Waals surface area contributed by atoms with E-state index in [1.807, 2.05) is 36.7 Å². The van der Waals surface area contributed by atoms with Gasteiger partial charge in [0, 0.05) is 12.4 Å². The van der Waals surface area contributed by atoms with Crippen molar-refractivity contribution in [3.63, 3.8) is 0 Å². The first kappa shape index (κ1) is 7.41. The maximum absolute atomic E-state index is 5.69. The number of fused-ring (bicyclic) bond motifs is 1. The average Bonchev–Trinajstić information content (AvgIpc) is 2.29. The van der Waals surface area contributed by atoms with Crippen molar-refractivity contribution in [3.8, 4) is 0 Å². The van der Waals surface area contributed by atoms with Gasteiger partial charge in [0.1, 0.15) is 13.5 Å². The lowest BCUT2D eigenvalue weighted by Gasteiger charge is -1.99. The summed E-state index contributed by atoms with van der Waals surface area (Å²) in [6, 6.07) is 1.93. The van der Waals surface area contributed by atoms with Gasteiger partial charge in [0.05, 0.1) is 5.69 Å². The second kappa shape index (κ2) is 2.37. The fraction of sp³-hybridized carbons (Fsp3) is 0.222. The molecule has 2 heterocycles. The Kier molecular flexibility index (Phi) is 1.46. The SMILES string of the molecule is [B]c1cc(C)c2nc(C)cn2c1. The van der Waals surface area contributed by atoms with Crippen molar-refractivity contribution in [1.29, 1.82) is 0 Å². The Morgan fingerprint density at radius 3 is 2.83 bits per heavy atom. The molecule has 58 valence electrons. The van der Waals surface area contributed by atoms with Gasteiger partial charge in [-0.15, -0.1) is 0 Å². The zero-order valence-corrected chi connectivity index (χ0v) is 7.20. The molecule has 0 spiro atoms. The fourth-order valence-corrected chi connectivity index (χ4v) is 1.42. The van der Waals surface area contributed by atoms with E-state index in [0.717, 1.165) is 22.4 Å². The van der Waals surface area contributed by atoms with E-state index in [1.54, 1.807) is 0 Å². The van der Waals surface area contributed by atoms with Gasteiger partial charge in [0.25, 0.3) is 0 Å². The van der Waals surface area contributed by atoms with Gasteiger partial charge in [0.2, 0.25) is 0 Å². The van der Waals surface area contributed by atoms with Gasteiger partial charge in [0.15, 0.2) is 0 Å². The van der Waals surface area contributed by atoms with Gasteiger partial charge in [-0.1, -0.05) is 11.5 Å². The van der Waals surface area contributed by atoms with E-state index in [1.165, 1.54) is 0 Å². The minimum Gasteiger partial charge on any atom is -0.307 e. The Hall–Kier alpha value is -1.25. The molecule has 0 aliphatic carbocycles. The summed E-state index contributed by atoms with van der Waals surface area (Å²) in [5.74, 6) is 0. The normalized spacial score (nSPS) is 10.8. The molecule has 0 atom stereocenters. The highest BCUT2D eigenvalue weighted by molar-refractivity contribution is 6.32. The third-order valence-electron chi connectivity index (χ3n) is 1.88. The third kappa shape index (κ3) is 1.02. The summed E-state index contributed by atoms with van der Waals surface area (Å²) < 4.78 is 1.96. The van der Waals surface area contributed by atoms with E-state index < -0.39 is 0 Å². The third-order valence-corrected chi connectivity index (χ3v) is 1.88. The molecule has 0 unspecified atom stereocenters. The number of rotatable bonds is 0. The van der Waals surface area contributed by atoms with E-state index in [2.05, 4.69) is 4.98 Å². The maximum atomic E-state index is 5.69. The molecule has 0 bridgehead atoms. The smallest absolute Gasteiger partial charge is 0.139 e. The average molecular weight is 156 g/mol. The Labute approximate surface area is 72.7 Å². The molecule has 2 aromatic heterocycles. The number of imidazole rings is 1. The van der Waals surface area contributed by atoms with Crippen molar-refractivity contribution in [2.75, 3.05) is 0 Å². The molecule has 0 aromatic carbocycles. The molecule has 0 aliphatic heterocycles. The molecule has 0 fully saturated rings. The molecular formula is C9H9BN2. The van der Waals surface area contributed by atoms with Crippen LogP contribution in [0.3, 0.4) is 0 Å². The van der Waals surface area contributed by atoms with Crippen LogP contribution in [0, 0.1) is 13.8 Å². The molecule has 2 nitrogen and oxygen atoms in total. The highest BCUT2D eigenvalue weighted by atomic mass is 15.0. The van der Waals surface area contributed by atoms with Crippen molar-refractivity contribution in [2.45, 2.75) is 13.8 Å². The highest BCUT2D eigenvalue weighted by Gasteiger charge is 2.00. The number of aromatic nitrogens is 2. The Morgan fingerprint density at radius 1 is 1.33 bits per heavy atom. The van der Waals surface area contributed by atoms with E-state index in [9.17, 15) is 0 Å². The first-order chi connectivity index (χ1) is 5.66. The molecule has 0 saturated heterocycles. The van der Waals surface area contributed by atoms with Gasteiger partial charge in [-0.2, -0.15) is 0 Å². The van der Waals surface area contributed by atoms with Crippen LogP contribution in [-0.4, -0.2) is 17.2 Å². The predicted molar refractivity (Wildman–Crippen MR) is 50.1 cm³/mol. The lowest BCUT2D eigenvalue weighted by molar-refractivity contribution is 1.18. The van der Waals surface area contributed by atoms with E-state index in [0.29, 0.717) is 0 Å². The predicted octanol–water partition coefficient (Wildman–Crippen LogP) is 0.745. The number of pyridine rings is 1.